The van der Waals surface area contributed by atoms with Crippen LogP contribution in [0.25, 0.3) is 0 Å². The molecule has 1 aliphatic carbocycles. The van der Waals surface area contributed by atoms with Crippen molar-refractivity contribution in [3.63, 3.8) is 0 Å². The molecule has 1 heterocycles. The van der Waals surface area contributed by atoms with E-state index in [1.165, 1.54) is 18.5 Å². The molecular formula is C12H21N3. The third-order valence-electron chi connectivity index (χ3n) is 3.00. The first-order valence-electron chi connectivity index (χ1n) is 5.92. The smallest absolute Gasteiger partial charge is 0.0948 e. The van der Waals surface area contributed by atoms with Gasteiger partial charge < -0.3 is 10.3 Å². The number of nitrogens with zero attached hydrogens (tertiary/aromatic N) is 2. The second-order valence-electron chi connectivity index (χ2n) is 5.15. The second-order valence-corrected chi connectivity index (χ2v) is 5.15. The third-order valence-corrected chi connectivity index (χ3v) is 3.00. The summed E-state index contributed by atoms with van der Waals surface area (Å²) in [5.41, 5.74) is 7.38. The topological polar surface area (TPSA) is 43.8 Å². The van der Waals surface area contributed by atoms with Crippen LogP contribution in [-0.4, -0.2) is 9.55 Å². The van der Waals surface area contributed by atoms with Gasteiger partial charge in [-0.15, -0.1) is 0 Å². The predicted octanol–water partition coefficient (Wildman–Crippen LogP) is 2.34. The molecule has 84 valence electrons. The molecule has 0 radical (unpaired) electrons. The van der Waals surface area contributed by atoms with Crippen molar-refractivity contribution in [3.05, 3.63) is 18.2 Å². The van der Waals surface area contributed by atoms with Crippen molar-refractivity contribution in [1.29, 1.82) is 0 Å². The molecule has 0 aromatic carbocycles. The summed E-state index contributed by atoms with van der Waals surface area (Å²) in [6, 6.07) is 0.145. The second kappa shape index (κ2) is 4.35. The number of aromatic nitrogens is 2. The predicted molar refractivity (Wildman–Crippen MR) is 61.3 cm³/mol. The van der Waals surface area contributed by atoms with Crippen LogP contribution in [0.5, 0.6) is 0 Å². The molecule has 0 amide bonds. The standard InChI is InChI=1S/C12H21N3/c1-9(2)5-11(13)12-6-14-8-15(12)7-10-3-4-10/h6,8-11H,3-5,7,13H2,1-2H3. The van der Waals surface area contributed by atoms with Gasteiger partial charge in [0.1, 0.15) is 0 Å². The van der Waals surface area contributed by atoms with Crippen molar-refractivity contribution in [3.8, 4) is 0 Å². The van der Waals surface area contributed by atoms with E-state index in [0.717, 1.165) is 18.9 Å². The summed E-state index contributed by atoms with van der Waals surface area (Å²) >= 11 is 0. The normalized spacial score (nSPS) is 18.4. The zero-order chi connectivity index (χ0) is 10.8. The van der Waals surface area contributed by atoms with E-state index in [0.29, 0.717) is 5.92 Å². The highest BCUT2D eigenvalue weighted by molar-refractivity contribution is 5.05. The number of hydrogen-bond acceptors (Lipinski definition) is 2. The molecule has 0 aliphatic heterocycles. The minimum atomic E-state index is 0.145. The van der Waals surface area contributed by atoms with E-state index in [4.69, 9.17) is 5.73 Å². The van der Waals surface area contributed by atoms with E-state index in [2.05, 4.69) is 23.4 Å². The van der Waals surface area contributed by atoms with E-state index >= 15 is 0 Å². The highest BCUT2D eigenvalue weighted by Crippen LogP contribution is 2.31. The van der Waals surface area contributed by atoms with Gasteiger partial charge in [0.2, 0.25) is 0 Å². The Kier molecular flexibility index (Phi) is 3.10. The molecule has 3 nitrogen and oxygen atoms in total. The highest BCUT2D eigenvalue weighted by Gasteiger charge is 2.23. The van der Waals surface area contributed by atoms with Crippen molar-refractivity contribution in [2.24, 2.45) is 17.6 Å². The fourth-order valence-electron chi connectivity index (χ4n) is 2.00. The Morgan fingerprint density at radius 3 is 2.87 bits per heavy atom. The van der Waals surface area contributed by atoms with Crippen LogP contribution in [-0.2, 0) is 6.54 Å². The SMILES string of the molecule is CC(C)CC(N)c1cncn1CC1CC1. The van der Waals surface area contributed by atoms with Gasteiger partial charge in [-0.05, 0) is 31.1 Å². The summed E-state index contributed by atoms with van der Waals surface area (Å²) in [5.74, 6) is 1.52. The van der Waals surface area contributed by atoms with Crippen molar-refractivity contribution in [2.45, 2.75) is 45.7 Å². The van der Waals surface area contributed by atoms with Crippen LogP contribution < -0.4 is 5.73 Å². The Bertz CT molecular complexity index is 312. The van der Waals surface area contributed by atoms with Crippen LogP contribution in [0, 0.1) is 11.8 Å². The number of rotatable bonds is 5. The first kappa shape index (κ1) is 10.7. The van der Waals surface area contributed by atoms with E-state index in [1.807, 2.05) is 12.5 Å². The minimum Gasteiger partial charge on any atom is -0.333 e. The zero-order valence-electron chi connectivity index (χ0n) is 9.69. The average molecular weight is 207 g/mol. The molecule has 1 atom stereocenters. The van der Waals surface area contributed by atoms with Crippen molar-refractivity contribution >= 4 is 0 Å². The van der Waals surface area contributed by atoms with E-state index in [9.17, 15) is 0 Å². The quantitative estimate of drug-likeness (QED) is 0.805. The van der Waals surface area contributed by atoms with Crippen LogP contribution in [0.15, 0.2) is 12.5 Å². The van der Waals surface area contributed by atoms with E-state index < -0.39 is 0 Å². The number of nitrogens with two attached hydrogens (primary N) is 1. The summed E-state index contributed by atoms with van der Waals surface area (Å²) in [6.45, 7) is 5.53. The molecule has 0 saturated heterocycles. The molecule has 15 heavy (non-hydrogen) atoms. The van der Waals surface area contributed by atoms with Gasteiger partial charge in [-0.25, -0.2) is 4.98 Å². The van der Waals surface area contributed by atoms with Crippen LogP contribution in [0.2, 0.25) is 0 Å². The lowest BCUT2D eigenvalue weighted by atomic mass is 10.0. The average Bonchev–Trinajstić information content (AvgIpc) is 2.80. The summed E-state index contributed by atoms with van der Waals surface area (Å²) in [5, 5.41) is 0. The first-order valence-corrected chi connectivity index (χ1v) is 5.92. The van der Waals surface area contributed by atoms with E-state index in [1.54, 1.807) is 0 Å². The molecule has 1 unspecified atom stereocenters. The Morgan fingerprint density at radius 1 is 1.53 bits per heavy atom. The summed E-state index contributed by atoms with van der Waals surface area (Å²) in [6.07, 6.45) is 7.63. The Balaban J connectivity index is 2.01. The molecule has 2 N–H and O–H groups in total. The Morgan fingerprint density at radius 2 is 2.27 bits per heavy atom. The molecule has 0 spiro atoms. The van der Waals surface area contributed by atoms with Crippen LogP contribution >= 0.6 is 0 Å². The zero-order valence-corrected chi connectivity index (χ0v) is 9.69. The van der Waals surface area contributed by atoms with Gasteiger partial charge in [-0.3, -0.25) is 0 Å². The molecular weight excluding hydrogens is 186 g/mol. The number of imidazole rings is 1. The lowest BCUT2D eigenvalue weighted by Crippen LogP contribution is -2.17. The molecule has 2 rings (SSSR count). The Hall–Kier alpha value is -0.830. The molecule has 1 aliphatic rings. The summed E-state index contributed by atoms with van der Waals surface area (Å²) in [7, 11) is 0. The van der Waals surface area contributed by atoms with E-state index in [-0.39, 0.29) is 6.04 Å². The molecule has 1 fully saturated rings. The van der Waals surface area contributed by atoms with Crippen molar-refractivity contribution < 1.29 is 0 Å². The molecule has 3 heteroatoms. The summed E-state index contributed by atoms with van der Waals surface area (Å²) in [4.78, 5) is 4.21. The maximum Gasteiger partial charge on any atom is 0.0948 e. The highest BCUT2D eigenvalue weighted by atomic mass is 15.1. The first-order chi connectivity index (χ1) is 7.16. The van der Waals surface area contributed by atoms with Crippen molar-refractivity contribution in [2.75, 3.05) is 0 Å². The van der Waals surface area contributed by atoms with Gasteiger partial charge in [0.05, 0.1) is 12.0 Å². The maximum atomic E-state index is 6.18. The van der Waals surface area contributed by atoms with Crippen LogP contribution in [0.1, 0.15) is 44.8 Å². The monoisotopic (exact) mass is 207 g/mol. The molecule has 0 bridgehead atoms. The minimum absolute atomic E-state index is 0.145. The van der Waals surface area contributed by atoms with Gasteiger partial charge in [0.15, 0.2) is 0 Å². The van der Waals surface area contributed by atoms with Gasteiger partial charge in [-0.2, -0.15) is 0 Å². The molecule has 1 saturated carbocycles. The Labute approximate surface area is 91.7 Å². The van der Waals surface area contributed by atoms with Gasteiger partial charge in [-0.1, -0.05) is 13.8 Å². The fraction of sp³-hybridized carbons (Fsp3) is 0.750. The number of hydrogen-bond donors (Lipinski definition) is 1. The fourth-order valence-corrected chi connectivity index (χ4v) is 2.00. The maximum absolute atomic E-state index is 6.18. The molecule has 1 aromatic heterocycles. The van der Waals surface area contributed by atoms with Crippen molar-refractivity contribution in [1.82, 2.24) is 9.55 Å². The lowest BCUT2D eigenvalue weighted by molar-refractivity contribution is 0.476. The van der Waals surface area contributed by atoms with Gasteiger partial charge >= 0.3 is 0 Å². The van der Waals surface area contributed by atoms with Crippen LogP contribution in [0.3, 0.4) is 0 Å². The summed E-state index contributed by atoms with van der Waals surface area (Å²) < 4.78 is 2.24. The lowest BCUT2D eigenvalue weighted by Gasteiger charge is -2.16. The van der Waals surface area contributed by atoms with Gasteiger partial charge in [0, 0.05) is 18.8 Å². The largest absolute Gasteiger partial charge is 0.333 e. The van der Waals surface area contributed by atoms with Gasteiger partial charge in [0.25, 0.3) is 0 Å². The third kappa shape index (κ3) is 2.81. The van der Waals surface area contributed by atoms with Crippen LogP contribution in [0.4, 0.5) is 0 Å². The molecule has 1 aromatic rings.